The van der Waals surface area contributed by atoms with Crippen molar-refractivity contribution in [3.63, 3.8) is 0 Å². The fourth-order valence-corrected chi connectivity index (χ4v) is 1.23. The first kappa shape index (κ1) is 11.6. The molecule has 15 heavy (non-hydrogen) atoms. The van der Waals surface area contributed by atoms with Crippen LogP contribution in [-0.4, -0.2) is 12.5 Å². The second-order valence-electron chi connectivity index (χ2n) is 3.12. The van der Waals surface area contributed by atoms with Gasteiger partial charge in [0, 0.05) is 17.5 Å². The number of carbonyl (C=O) groups is 1. The molecule has 1 rings (SSSR count). The lowest BCUT2D eigenvalue weighted by atomic mass is 10.1. The number of hydrogen-bond donors (Lipinski definition) is 1. The topological polar surface area (TPSA) is 29.1 Å². The summed E-state index contributed by atoms with van der Waals surface area (Å²) in [5.41, 5.74) is 1.86. The molecule has 3 heteroatoms. The molecule has 0 fully saturated rings. The molecule has 0 aromatic heterocycles. The van der Waals surface area contributed by atoms with Crippen LogP contribution in [0.25, 0.3) is 0 Å². The molecule has 1 aromatic carbocycles. The van der Waals surface area contributed by atoms with E-state index in [4.69, 9.17) is 11.6 Å². The fraction of sp³-hybridized carbons (Fsp3) is 0.250. The van der Waals surface area contributed by atoms with Crippen LogP contribution in [0.2, 0.25) is 5.02 Å². The molecule has 1 aromatic rings. The second-order valence-corrected chi connectivity index (χ2v) is 3.53. The maximum Gasteiger partial charge on any atom is 0.217 e. The van der Waals surface area contributed by atoms with E-state index in [2.05, 4.69) is 17.2 Å². The Morgan fingerprint density at radius 2 is 2.27 bits per heavy atom. The summed E-state index contributed by atoms with van der Waals surface area (Å²) in [5.74, 6) is 5.74. The number of halogens is 1. The maximum absolute atomic E-state index is 10.6. The van der Waals surface area contributed by atoms with Crippen LogP contribution in [-0.2, 0) is 4.79 Å². The molecule has 1 amide bonds. The first-order chi connectivity index (χ1) is 7.11. The van der Waals surface area contributed by atoms with Gasteiger partial charge in [0.05, 0.1) is 6.54 Å². The molecule has 0 aliphatic rings. The summed E-state index contributed by atoms with van der Waals surface area (Å²) in [5, 5.41) is 3.31. The van der Waals surface area contributed by atoms with Gasteiger partial charge in [-0.15, -0.1) is 0 Å². The Balaban J connectivity index is 2.72. The average molecular weight is 222 g/mol. The van der Waals surface area contributed by atoms with Crippen LogP contribution in [0.5, 0.6) is 0 Å². The van der Waals surface area contributed by atoms with Gasteiger partial charge < -0.3 is 5.32 Å². The number of nitrogens with one attached hydrogen (secondary N) is 1. The molecule has 0 aliphatic carbocycles. The highest BCUT2D eigenvalue weighted by Gasteiger charge is 1.97. The van der Waals surface area contributed by atoms with E-state index in [0.717, 1.165) is 11.1 Å². The molecule has 0 atom stereocenters. The number of amides is 1. The van der Waals surface area contributed by atoms with Gasteiger partial charge >= 0.3 is 0 Å². The van der Waals surface area contributed by atoms with Crippen LogP contribution in [0, 0.1) is 18.8 Å². The van der Waals surface area contributed by atoms with E-state index in [9.17, 15) is 4.79 Å². The highest BCUT2D eigenvalue weighted by atomic mass is 35.5. The lowest BCUT2D eigenvalue weighted by molar-refractivity contribution is -0.118. The average Bonchev–Trinajstić information content (AvgIpc) is 2.18. The molecule has 0 bridgehead atoms. The summed E-state index contributed by atoms with van der Waals surface area (Å²) >= 11 is 5.94. The van der Waals surface area contributed by atoms with Crippen LogP contribution in [0.3, 0.4) is 0 Å². The zero-order valence-corrected chi connectivity index (χ0v) is 9.48. The van der Waals surface area contributed by atoms with Crippen molar-refractivity contribution in [1.82, 2.24) is 5.32 Å². The zero-order valence-electron chi connectivity index (χ0n) is 8.73. The standard InChI is InChI=1S/C12H12ClNO/c1-9-11(5-3-7-12(9)13)6-4-8-14-10(2)15/h3,5,7H,8H2,1-2H3,(H,14,15). The Morgan fingerprint density at radius 1 is 1.53 bits per heavy atom. The molecule has 1 N–H and O–H groups in total. The minimum absolute atomic E-state index is 0.0767. The van der Waals surface area contributed by atoms with Gasteiger partial charge in [0.1, 0.15) is 0 Å². The molecule has 0 saturated heterocycles. The highest BCUT2D eigenvalue weighted by molar-refractivity contribution is 6.31. The van der Waals surface area contributed by atoms with Crippen molar-refractivity contribution in [2.24, 2.45) is 0 Å². The fourth-order valence-electron chi connectivity index (χ4n) is 1.05. The molecular weight excluding hydrogens is 210 g/mol. The smallest absolute Gasteiger partial charge is 0.217 e. The quantitative estimate of drug-likeness (QED) is 0.724. The summed E-state index contributed by atoms with van der Waals surface area (Å²) in [6, 6.07) is 5.59. The minimum Gasteiger partial charge on any atom is -0.345 e. The van der Waals surface area contributed by atoms with Crippen LogP contribution in [0.15, 0.2) is 18.2 Å². The lowest BCUT2D eigenvalue weighted by Gasteiger charge is -1.99. The van der Waals surface area contributed by atoms with Crippen LogP contribution < -0.4 is 5.32 Å². The van der Waals surface area contributed by atoms with Crippen LogP contribution in [0.1, 0.15) is 18.1 Å². The van der Waals surface area contributed by atoms with Gasteiger partial charge in [-0.1, -0.05) is 29.5 Å². The van der Waals surface area contributed by atoms with E-state index < -0.39 is 0 Å². The molecule has 0 unspecified atom stereocenters. The zero-order chi connectivity index (χ0) is 11.3. The molecule has 78 valence electrons. The molecule has 0 spiro atoms. The first-order valence-corrected chi connectivity index (χ1v) is 4.97. The number of hydrogen-bond acceptors (Lipinski definition) is 1. The van der Waals surface area contributed by atoms with Crippen molar-refractivity contribution >= 4 is 17.5 Å². The predicted octanol–water partition coefficient (Wildman–Crippen LogP) is 2.14. The third-order valence-electron chi connectivity index (χ3n) is 1.92. The highest BCUT2D eigenvalue weighted by Crippen LogP contribution is 2.17. The summed E-state index contributed by atoms with van der Waals surface area (Å²) in [7, 11) is 0. The van der Waals surface area contributed by atoms with Gasteiger partial charge in [0.15, 0.2) is 0 Å². The largest absolute Gasteiger partial charge is 0.345 e. The predicted molar refractivity (Wildman–Crippen MR) is 61.8 cm³/mol. The molecule has 0 saturated carbocycles. The Labute approximate surface area is 94.6 Å². The molecular formula is C12H12ClNO. The molecule has 2 nitrogen and oxygen atoms in total. The van der Waals surface area contributed by atoms with Gasteiger partial charge in [0.2, 0.25) is 5.91 Å². The van der Waals surface area contributed by atoms with Gasteiger partial charge in [-0.2, -0.15) is 0 Å². The van der Waals surface area contributed by atoms with Gasteiger partial charge in [-0.25, -0.2) is 0 Å². The van der Waals surface area contributed by atoms with Crippen molar-refractivity contribution in [1.29, 1.82) is 0 Å². The number of carbonyl (C=O) groups excluding carboxylic acids is 1. The summed E-state index contributed by atoms with van der Waals surface area (Å²) in [4.78, 5) is 10.6. The van der Waals surface area contributed by atoms with Gasteiger partial charge in [0.25, 0.3) is 0 Å². The lowest BCUT2D eigenvalue weighted by Crippen LogP contribution is -2.19. The summed E-state index contributed by atoms with van der Waals surface area (Å²) in [6.07, 6.45) is 0. The molecule has 0 radical (unpaired) electrons. The number of benzene rings is 1. The van der Waals surface area contributed by atoms with Gasteiger partial charge in [-0.05, 0) is 24.6 Å². The van der Waals surface area contributed by atoms with E-state index in [0.29, 0.717) is 11.6 Å². The van der Waals surface area contributed by atoms with E-state index in [1.54, 1.807) is 0 Å². The van der Waals surface area contributed by atoms with E-state index in [1.807, 2.05) is 25.1 Å². The van der Waals surface area contributed by atoms with Crippen molar-refractivity contribution in [3.05, 3.63) is 34.3 Å². The number of rotatable bonds is 1. The van der Waals surface area contributed by atoms with E-state index >= 15 is 0 Å². The van der Waals surface area contributed by atoms with Crippen LogP contribution >= 0.6 is 11.6 Å². The Bertz CT molecular complexity index is 429. The Morgan fingerprint density at radius 3 is 2.93 bits per heavy atom. The van der Waals surface area contributed by atoms with Crippen molar-refractivity contribution in [2.75, 3.05) is 6.54 Å². The maximum atomic E-state index is 10.6. The van der Waals surface area contributed by atoms with Crippen LogP contribution in [0.4, 0.5) is 0 Å². The Hall–Kier alpha value is -1.46. The SMILES string of the molecule is CC(=O)NCC#Cc1cccc(Cl)c1C. The van der Waals surface area contributed by atoms with Gasteiger partial charge in [-0.3, -0.25) is 4.79 Å². The first-order valence-electron chi connectivity index (χ1n) is 4.59. The molecule has 0 heterocycles. The minimum atomic E-state index is -0.0767. The summed E-state index contributed by atoms with van der Waals surface area (Å²) in [6.45, 7) is 3.75. The normalized spacial score (nSPS) is 9.00. The second kappa shape index (κ2) is 5.43. The Kier molecular flexibility index (Phi) is 4.20. The van der Waals surface area contributed by atoms with E-state index in [-0.39, 0.29) is 5.91 Å². The third kappa shape index (κ3) is 3.65. The van der Waals surface area contributed by atoms with E-state index in [1.165, 1.54) is 6.92 Å². The molecule has 0 aliphatic heterocycles. The summed E-state index contributed by atoms with van der Waals surface area (Å²) < 4.78 is 0. The van der Waals surface area contributed by atoms with Crippen molar-refractivity contribution in [3.8, 4) is 11.8 Å². The van der Waals surface area contributed by atoms with Crippen molar-refractivity contribution in [2.45, 2.75) is 13.8 Å². The third-order valence-corrected chi connectivity index (χ3v) is 2.33. The monoisotopic (exact) mass is 221 g/mol. The van der Waals surface area contributed by atoms with Crippen molar-refractivity contribution < 1.29 is 4.79 Å².